The number of aliphatic imine (C=N–C) groups is 1. The molecule has 1 heterocycles. The Morgan fingerprint density at radius 2 is 2.00 bits per heavy atom. The monoisotopic (exact) mass is 349 g/mol. The third kappa shape index (κ3) is 5.62. The summed E-state index contributed by atoms with van der Waals surface area (Å²) in [5.74, 6) is 5.00. The molecule has 1 rings (SSSR count). The van der Waals surface area contributed by atoms with E-state index in [2.05, 4.69) is 41.9 Å². The van der Waals surface area contributed by atoms with Crippen molar-refractivity contribution in [2.45, 2.75) is 27.2 Å². The van der Waals surface area contributed by atoms with E-state index in [4.69, 9.17) is 6.42 Å². The highest BCUT2D eigenvalue weighted by Crippen LogP contribution is 2.20. The number of hydrogen-bond acceptors (Lipinski definition) is 1. The summed E-state index contributed by atoms with van der Waals surface area (Å²) in [5.41, 5.74) is 0. The lowest BCUT2D eigenvalue weighted by Gasteiger charge is -2.37. The zero-order valence-corrected chi connectivity index (χ0v) is 13.4. The molecule has 0 aromatic rings. The number of halogens is 1. The number of piperidine rings is 1. The minimum absolute atomic E-state index is 0. The highest BCUT2D eigenvalue weighted by molar-refractivity contribution is 14.0. The molecule has 2 atom stereocenters. The number of rotatable bonds is 2. The quantitative estimate of drug-likeness (QED) is 0.358. The summed E-state index contributed by atoms with van der Waals surface area (Å²) in [5, 5.41) is 3.31. The maximum atomic E-state index is 5.25. The van der Waals surface area contributed by atoms with Gasteiger partial charge < -0.3 is 10.2 Å². The summed E-state index contributed by atoms with van der Waals surface area (Å²) in [7, 11) is 0. The Hall–Kier alpha value is -0.440. The van der Waals surface area contributed by atoms with Crippen molar-refractivity contribution >= 4 is 29.9 Å². The first-order valence-corrected chi connectivity index (χ1v) is 6.14. The topological polar surface area (TPSA) is 27.6 Å². The Morgan fingerprint density at radius 1 is 1.41 bits per heavy atom. The molecule has 1 aliphatic rings. The number of guanidine groups is 1. The maximum Gasteiger partial charge on any atom is 0.194 e. The van der Waals surface area contributed by atoms with E-state index in [1.807, 2.05) is 0 Å². The van der Waals surface area contributed by atoms with Crippen molar-refractivity contribution in [3.8, 4) is 12.3 Å². The lowest BCUT2D eigenvalue weighted by Crippen LogP contribution is -2.48. The molecule has 0 aliphatic carbocycles. The maximum absolute atomic E-state index is 5.25. The molecule has 0 amide bonds. The van der Waals surface area contributed by atoms with Crippen LogP contribution in [0.25, 0.3) is 0 Å². The van der Waals surface area contributed by atoms with E-state index in [0.29, 0.717) is 6.54 Å². The Kier molecular flexibility index (Phi) is 8.40. The van der Waals surface area contributed by atoms with E-state index in [1.54, 1.807) is 0 Å². The van der Waals surface area contributed by atoms with Gasteiger partial charge in [-0.25, -0.2) is 4.99 Å². The van der Waals surface area contributed by atoms with Gasteiger partial charge in [-0.3, -0.25) is 0 Å². The van der Waals surface area contributed by atoms with Crippen LogP contribution in [-0.2, 0) is 0 Å². The van der Waals surface area contributed by atoms with Crippen molar-refractivity contribution in [2.75, 3.05) is 26.2 Å². The van der Waals surface area contributed by atoms with Crippen LogP contribution in [0.2, 0.25) is 0 Å². The summed E-state index contributed by atoms with van der Waals surface area (Å²) in [6.45, 7) is 10.2. The van der Waals surface area contributed by atoms with Crippen LogP contribution < -0.4 is 5.32 Å². The third-order valence-corrected chi connectivity index (χ3v) is 2.82. The standard InChI is InChI=1S/C13H23N3.HI/c1-5-7-15-13(14-6-2)16-9-11(3)8-12(4)10-16;/h1,11-12H,6-10H2,2-4H3,(H,14,15);1H. The molecule has 98 valence electrons. The number of likely N-dealkylation sites (tertiary alicyclic amines) is 1. The molecule has 0 aromatic carbocycles. The van der Waals surface area contributed by atoms with Gasteiger partial charge in [0, 0.05) is 19.6 Å². The summed E-state index contributed by atoms with van der Waals surface area (Å²) < 4.78 is 0. The predicted octanol–water partition coefficient (Wildman–Crippen LogP) is 2.18. The van der Waals surface area contributed by atoms with Gasteiger partial charge in [-0.1, -0.05) is 19.8 Å². The van der Waals surface area contributed by atoms with Crippen molar-refractivity contribution in [2.24, 2.45) is 16.8 Å². The van der Waals surface area contributed by atoms with Gasteiger partial charge in [0.2, 0.25) is 0 Å². The Balaban J connectivity index is 0.00000256. The van der Waals surface area contributed by atoms with Crippen molar-refractivity contribution in [3.63, 3.8) is 0 Å². The van der Waals surface area contributed by atoms with E-state index in [-0.39, 0.29) is 24.0 Å². The van der Waals surface area contributed by atoms with Gasteiger partial charge in [0.25, 0.3) is 0 Å². The molecule has 0 radical (unpaired) electrons. The van der Waals surface area contributed by atoms with Crippen LogP contribution in [0.15, 0.2) is 4.99 Å². The molecule has 1 fully saturated rings. The lowest BCUT2D eigenvalue weighted by molar-refractivity contribution is 0.208. The second kappa shape index (κ2) is 8.62. The second-order valence-corrected chi connectivity index (χ2v) is 4.73. The Labute approximate surface area is 122 Å². The molecule has 0 spiro atoms. The first-order chi connectivity index (χ1) is 7.67. The number of hydrogen-bond donors (Lipinski definition) is 1. The first-order valence-electron chi connectivity index (χ1n) is 6.14. The molecule has 1 N–H and O–H groups in total. The van der Waals surface area contributed by atoms with Gasteiger partial charge in [0.15, 0.2) is 5.96 Å². The summed E-state index contributed by atoms with van der Waals surface area (Å²) >= 11 is 0. The average Bonchev–Trinajstić information content (AvgIpc) is 2.22. The molecule has 17 heavy (non-hydrogen) atoms. The molecule has 0 aromatic heterocycles. The number of terminal acetylenes is 1. The smallest absolute Gasteiger partial charge is 0.194 e. The minimum Gasteiger partial charge on any atom is -0.356 e. The SMILES string of the molecule is C#CCN=C(NCC)N1CC(C)CC(C)C1.I. The fourth-order valence-electron chi connectivity index (χ4n) is 2.38. The largest absolute Gasteiger partial charge is 0.356 e. The van der Waals surface area contributed by atoms with Gasteiger partial charge in [-0.2, -0.15) is 0 Å². The second-order valence-electron chi connectivity index (χ2n) is 4.73. The van der Waals surface area contributed by atoms with Crippen LogP contribution >= 0.6 is 24.0 Å². The van der Waals surface area contributed by atoms with Crippen molar-refractivity contribution in [1.82, 2.24) is 10.2 Å². The zero-order chi connectivity index (χ0) is 12.0. The fourth-order valence-corrected chi connectivity index (χ4v) is 2.38. The molecular formula is C13H24IN3. The predicted molar refractivity (Wildman–Crippen MR) is 84.7 cm³/mol. The van der Waals surface area contributed by atoms with Crippen molar-refractivity contribution in [1.29, 1.82) is 0 Å². The van der Waals surface area contributed by atoms with E-state index in [1.165, 1.54) is 6.42 Å². The average molecular weight is 349 g/mol. The van der Waals surface area contributed by atoms with Crippen LogP contribution in [0.3, 0.4) is 0 Å². The van der Waals surface area contributed by atoms with Crippen molar-refractivity contribution < 1.29 is 0 Å². The van der Waals surface area contributed by atoms with Gasteiger partial charge >= 0.3 is 0 Å². The Bertz CT molecular complexity index is 273. The Morgan fingerprint density at radius 3 is 2.47 bits per heavy atom. The first kappa shape index (κ1) is 16.6. The molecule has 0 bridgehead atoms. The number of nitrogens with one attached hydrogen (secondary N) is 1. The molecule has 3 nitrogen and oxygen atoms in total. The normalized spacial score (nSPS) is 24.8. The fraction of sp³-hybridized carbons (Fsp3) is 0.769. The van der Waals surface area contributed by atoms with Gasteiger partial charge in [-0.05, 0) is 25.2 Å². The number of nitrogens with zero attached hydrogens (tertiary/aromatic N) is 2. The van der Waals surface area contributed by atoms with Gasteiger partial charge in [-0.15, -0.1) is 30.4 Å². The van der Waals surface area contributed by atoms with E-state index in [0.717, 1.165) is 37.4 Å². The van der Waals surface area contributed by atoms with Crippen LogP contribution in [0.5, 0.6) is 0 Å². The zero-order valence-electron chi connectivity index (χ0n) is 11.1. The van der Waals surface area contributed by atoms with Crippen molar-refractivity contribution in [3.05, 3.63) is 0 Å². The van der Waals surface area contributed by atoms with E-state index >= 15 is 0 Å². The summed E-state index contributed by atoms with van der Waals surface area (Å²) in [6.07, 6.45) is 6.56. The highest BCUT2D eigenvalue weighted by Gasteiger charge is 2.23. The van der Waals surface area contributed by atoms with Crippen LogP contribution in [0, 0.1) is 24.2 Å². The van der Waals surface area contributed by atoms with Crippen LogP contribution in [0.4, 0.5) is 0 Å². The van der Waals surface area contributed by atoms with Crippen LogP contribution in [-0.4, -0.2) is 37.0 Å². The summed E-state index contributed by atoms with van der Waals surface area (Å²) in [6, 6.07) is 0. The molecule has 4 heteroatoms. The molecular weight excluding hydrogens is 325 g/mol. The minimum atomic E-state index is 0. The molecule has 2 unspecified atom stereocenters. The third-order valence-electron chi connectivity index (χ3n) is 2.82. The molecule has 0 saturated carbocycles. The van der Waals surface area contributed by atoms with Gasteiger partial charge in [0.05, 0.1) is 0 Å². The van der Waals surface area contributed by atoms with Crippen LogP contribution in [0.1, 0.15) is 27.2 Å². The summed E-state index contributed by atoms with van der Waals surface area (Å²) in [4.78, 5) is 6.75. The molecule has 1 aliphatic heterocycles. The highest BCUT2D eigenvalue weighted by atomic mass is 127. The van der Waals surface area contributed by atoms with Gasteiger partial charge in [0.1, 0.15) is 6.54 Å². The van der Waals surface area contributed by atoms with E-state index in [9.17, 15) is 0 Å². The molecule has 1 saturated heterocycles. The van der Waals surface area contributed by atoms with E-state index < -0.39 is 0 Å². The lowest BCUT2D eigenvalue weighted by atomic mass is 9.92.